The van der Waals surface area contributed by atoms with E-state index in [4.69, 9.17) is 15.6 Å². The van der Waals surface area contributed by atoms with Crippen molar-refractivity contribution in [1.29, 1.82) is 4.78 Å². The van der Waals surface area contributed by atoms with Crippen LogP contribution in [-0.4, -0.2) is 52.8 Å². The van der Waals surface area contributed by atoms with Crippen LogP contribution in [0.2, 0.25) is 0 Å². The fourth-order valence-electron chi connectivity index (χ4n) is 3.17. The Morgan fingerprint density at radius 3 is 2.78 bits per heavy atom. The number of carbonyl (C=O) groups is 1. The van der Waals surface area contributed by atoms with Gasteiger partial charge in [0.25, 0.3) is 0 Å². The van der Waals surface area contributed by atoms with E-state index in [-0.39, 0.29) is 23.5 Å². The van der Waals surface area contributed by atoms with Gasteiger partial charge >= 0.3 is 5.97 Å². The standard InChI is InChI=1S/C17H24N6O3S/c18-14(16(24)25)4-9-27(19,26)10-7-17(5-2-6-17)23-21-12-15(22-23)13-3-1-8-20-11-13/h1,3,8,11-12,14,19H,2,4-7,9-10,18H2,(H,24,25)/t14-,27?/m0/s1. The fourth-order valence-corrected chi connectivity index (χ4v) is 4.72. The second-order valence-electron chi connectivity index (χ2n) is 7.04. The van der Waals surface area contributed by atoms with Crippen LogP contribution in [0, 0.1) is 4.78 Å². The van der Waals surface area contributed by atoms with Gasteiger partial charge in [0, 0.05) is 39.2 Å². The number of carboxylic acid groups (broad SMARTS) is 1. The topological polar surface area (TPSA) is 148 Å². The first kappa shape index (κ1) is 19.4. The van der Waals surface area contributed by atoms with E-state index in [2.05, 4.69) is 15.2 Å². The third-order valence-electron chi connectivity index (χ3n) is 5.13. The molecule has 1 aliphatic carbocycles. The number of nitrogens with two attached hydrogens (primary N) is 1. The predicted octanol–water partition coefficient (Wildman–Crippen LogP) is 1.46. The SMILES string of the molecule is N=S(=O)(CC[C@H](N)C(=O)O)CCC1(n2ncc(-c3cccnc3)n2)CCC1. The molecular formula is C17H24N6O3S. The summed E-state index contributed by atoms with van der Waals surface area (Å²) in [6.45, 7) is 0. The molecule has 0 amide bonds. The Labute approximate surface area is 158 Å². The second kappa shape index (κ2) is 7.73. The molecule has 3 rings (SSSR count). The van der Waals surface area contributed by atoms with Crippen molar-refractivity contribution < 1.29 is 14.1 Å². The second-order valence-corrected chi connectivity index (χ2v) is 9.48. The molecule has 1 saturated carbocycles. The molecule has 0 saturated heterocycles. The van der Waals surface area contributed by atoms with Gasteiger partial charge in [-0.25, -0.2) is 4.21 Å². The zero-order valence-corrected chi connectivity index (χ0v) is 15.8. The van der Waals surface area contributed by atoms with E-state index in [1.807, 2.05) is 12.1 Å². The number of pyridine rings is 1. The van der Waals surface area contributed by atoms with Crippen molar-refractivity contribution in [3.8, 4) is 11.3 Å². The van der Waals surface area contributed by atoms with Crippen molar-refractivity contribution in [2.75, 3.05) is 11.5 Å². The zero-order valence-electron chi connectivity index (χ0n) is 15.0. The van der Waals surface area contributed by atoms with E-state index in [0.29, 0.717) is 6.42 Å². The molecule has 1 aliphatic rings. The molecule has 0 aromatic carbocycles. The lowest BCUT2D eigenvalue weighted by molar-refractivity contribution is -0.138. The maximum atomic E-state index is 12.5. The van der Waals surface area contributed by atoms with Gasteiger partial charge in [-0.3, -0.25) is 14.6 Å². The summed E-state index contributed by atoms with van der Waals surface area (Å²) in [6.07, 6.45) is 8.46. The number of aliphatic carboxylic acids is 1. The maximum absolute atomic E-state index is 12.5. The molecule has 4 N–H and O–H groups in total. The quantitative estimate of drug-likeness (QED) is 0.585. The van der Waals surface area contributed by atoms with Crippen LogP contribution >= 0.6 is 0 Å². The molecule has 1 unspecified atom stereocenters. The van der Waals surface area contributed by atoms with E-state index in [0.717, 1.165) is 30.5 Å². The third kappa shape index (κ3) is 4.51. The van der Waals surface area contributed by atoms with Gasteiger partial charge in [0.2, 0.25) is 0 Å². The van der Waals surface area contributed by atoms with Crippen LogP contribution in [0.15, 0.2) is 30.7 Å². The van der Waals surface area contributed by atoms with Crippen LogP contribution in [-0.2, 0) is 20.1 Å². The summed E-state index contributed by atoms with van der Waals surface area (Å²) in [6, 6.07) is 2.67. The predicted molar refractivity (Wildman–Crippen MR) is 101 cm³/mol. The molecule has 2 aromatic heterocycles. The van der Waals surface area contributed by atoms with Crippen LogP contribution in [0.25, 0.3) is 11.3 Å². The van der Waals surface area contributed by atoms with E-state index in [9.17, 15) is 9.00 Å². The molecule has 10 heteroatoms. The molecule has 0 spiro atoms. The lowest BCUT2D eigenvalue weighted by atomic mass is 9.75. The monoisotopic (exact) mass is 392 g/mol. The van der Waals surface area contributed by atoms with E-state index in [1.165, 1.54) is 0 Å². The summed E-state index contributed by atoms with van der Waals surface area (Å²) in [7, 11) is -2.90. The number of hydrogen-bond acceptors (Lipinski definition) is 7. The summed E-state index contributed by atoms with van der Waals surface area (Å²) in [5, 5.41) is 17.8. The molecule has 2 heterocycles. The van der Waals surface area contributed by atoms with Crippen molar-refractivity contribution in [2.45, 2.75) is 43.7 Å². The molecule has 0 aliphatic heterocycles. The molecule has 9 nitrogen and oxygen atoms in total. The highest BCUT2D eigenvalue weighted by Crippen LogP contribution is 2.41. The number of nitrogens with one attached hydrogen (secondary N) is 1. The Balaban J connectivity index is 1.66. The number of carboxylic acids is 1. The van der Waals surface area contributed by atoms with Crippen LogP contribution in [0.4, 0.5) is 0 Å². The minimum Gasteiger partial charge on any atom is -0.480 e. The summed E-state index contributed by atoms with van der Waals surface area (Å²) < 4.78 is 20.6. The van der Waals surface area contributed by atoms with Crippen molar-refractivity contribution >= 4 is 15.7 Å². The molecule has 1 fully saturated rings. The Morgan fingerprint density at radius 1 is 1.41 bits per heavy atom. The van der Waals surface area contributed by atoms with Crippen LogP contribution in [0.3, 0.4) is 0 Å². The maximum Gasteiger partial charge on any atom is 0.320 e. The average molecular weight is 392 g/mol. The Kier molecular flexibility index (Phi) is 5.56. The van der Waals surface area contributed by atoms with Crippen molar-refractivity contribution in [1.82, 2.24) is 20.0 Å². The minimum atomic E-state index is -2.90. The van der Waals surface area contributed by atoms with Crippen LogP contribution in [0.1, 0.15) is 32.1 Å². The largest absolute Gasteiger partial charge is 0.480 e. The third-order valence-corrected chi connectivity index (χ3v) is 6.89. The fraction of sp³-hybridized carbons (Fsp3) is 0.529. The molecule has 0 bridgehead atoms. The zero-order chi connectivity index (χ0) is 19.5. The highest BCUT2D eigenvalue weighted by molar-refractivity contribution is 7.92. The first-order valence-electron chi connectivity index (χ1n) is 8.87. The Morgan fingerprint density at radius 2 is 2.19 bits per heavy atom. The number of rotatable bonds is 9. The molecule has 27 heavy (non-hydrogen) atoms. The summed E-state index contributed by atoms with van der Waals surface area (Å²) >= 11 is 0. The van der Waals surface area contributed by atoms with Crippen LogP contribution in [0.5, 0.6) is 0 Å². The number of nitrogens with zero attached hydrogens (tertiary/aromatic N) is 4. The molecule has 146 valence electrons. The number of aromatic nitrogens is 4. The van der Waals surface area contributed by atoms with Gasteiger partial charge in [0.15, 0.2) is 0 Å². The van der Waals surface area contributed by atoms with E-state index < -0.39 is 21.7 Å². The molecule has 2 atom stereocenters. The first-order valence-corrected chi connectivity index (χ1v) is 10.8. The summed E-state index contributed by atoms with van der Waals surface area (Å²) in [4.78, 5) is 16.6. The van der Waals surface area contributed by atoms with Crippen molar-refractivity contribution in [2.24, 2.45) is 5.73 Å². The van der Waals surface area contributed by atoms with Gasteiger partial charge in [0.05, 0.1) is 11.7 Å². The minimum absolute atomic E-state index is 0.00990. The highest BCUT2D eigenvalue weighted by atomic mass is 32.2. The Bertz CT molecular complexity index is 892. The highest BCUT2D eigenvalue weighted by Gasteiger charge is 2.41. The Hall–Kier alpha value is -2.33. The van der Waals surface area contributed by atoms with Gasteiger partial charge < -0.3 is 10.8 Å². The normalized spacial score (nSPS) is 19.0. The van der Waals surface area contributed by atoms with Gasteiger partial charge in [-0.05, 0) is 44.2 Å². The van der Waals surface area contributed by atoms with Gasteiger partial charge in [0.1, 0.15) is 11.7 Å². The lowest BCUT2D eigenvalue weighted by Crippen LogP contribution is -2.44. The molecule has 0 radical (unpaired) electrons. The van der Waals surface area contributed by atoms with Crippen molar-refractivity contribution in [3.05, 3.63) is 30.7 Å². The smallest absolute Gasteiger partial charge is 0.320 e. The lowest BCUT2D eigenvalue weighted by Gasteiger charge is -2.41. The van der Waals surface area contributed by atoms with Gasteiger partial charge in [-0.15, -0.1) is 0 Å². The van der Waals surface area contributed by atoms with Gasteiger partial charge in [-0.1, -0.05) is 0 Å². The van der Waals surface area contributed by atoms with E-state index in [1.54, 1.807) is 23.4 Å². The van der Waals surface area contributed by atoms with Crippen LogP contribution < -0.4 is 5.73 Å². The number of hydrogen-bond donors (Lipinski definition) is 3. The van der Waals surface area contributed by atoms with Gasteiger partial charge in [-0.2, -0.15) is 15.0 Å². The molecule has 2 aromatic rings. The summed E-state index contributed by atoms with van der Waals surface area (Å²) in [5.41, 5.74) is 6.74. The summed E-state index contributed by atoms with van der Waals surface area (Å²) in [5.74, 6) is -0.961. The molecular weight excluding hydrogens is 368 g/mol. The van der Waals surface area contributed by atoms with E-state index >= 15 is 0 Å². The first-order chi connectivity index (χ1) is 12.8. The van der Waals surface area contributed by atoms with Crippen molar-refractivity contribution in [3.63, 3.8) is 0 Å². The average Bonchev–Trinajstić information content (AvgIpc) is 3.10.